The Morgan fingerprint density at radius 1 is 1.32 bits per heavy atom. The van der Waals surface area contributed by atoms with Crippen molar-refractivity contribution in [2.75, 3.05) is 38.2 Å². The van der Waals surface area contributed by atoms with Crippen molar-refractivity contribution in [3.05, 3.63) is 29.3 Å². The molecule has 6 heteroatoms. The molecule has 3 N–H and O–H groups in total. The van der Waals surface area contributed by atoms with Crippen molar-refractivity contribution >= 4 is 35.6 Å². The number of hydrogen-bond acceptors (Lipinski definition) is 3. The highest BCUT2D eigenvalue weighted by Gasteiger charge is 2.16. The zero-order valence-electron chi connectivity index (χ0n) is 13.6. The van der Waals surface area contributed by atoms with Gasteiger partial charge in [0.2, 0.25) is 0 Å². The van der Waals surface area contributed by atoms with Gasteiger partial charge in [-0.3, -0.25) is 9.89 Å². The summed E-state index contributed by atoms with van der Waals surface area (Å²) in [7, 11) is 0. The Balaban J connectivity index is 0.00000242. The van der Waals surface area contributed by atoms with Gasteiger partial charge in [0.25, 0.3) is 0 Å². The second kappa shape index (κ2) is 9.32. The van der Waals surface area contributed by atoms with E-state index in [0.29, 0.717) is 18.5 Å². The first-order valence-electron chi connectivity index (χ1n) is 7.52. The van der Waals surface area contributed by atoms with E-state index in [2.05, 4.69) is 48.1 Å². The smallest absolute Gasteiger partial charge is 0.193 e. The highest BCUT2D eigenvalue weighted by atomic mass is 127. The van der Waals surface area contributed by atoms with Gasteiger partial charge in [0.1, 0.15) is 0 Å². The molecule has 0 aliphatic carbocycles. The second-order valence-corrected chi connectivity index (χ2v) is 5.65. The fourth-order valence-electron chi connectivity index (χ4n) is 2.37. The van der Waals surface area contributed by atoms with E-state index in [1.807, 2.05) is 6.07 Å². The molecule has 0 bridgehead atoms. The van der Waals surface area contributed by atoms with Crippen molar-refractivity contribution in [2.24, 2.45) is 10.7 Å². The summed E-state index contributed by atoms with van der Waals surface area (Å²) >= 11 is 0. The third-order valence-corrected chi connectivity index (χ3v) is 3.97. The van der Waals surface area contributed by atoms with Crippen molar-refractivity contribution in [3.8, 4) is 0 Å². The van der Waals surface area contributed by atoms with Crippen LogP contribution in [-0.4, -0.2) is 49.7 Å². The first kappa shape index (κ1) is 19.2. The summed E-state index contributed by atoms with van der Waals surface area (Å²) in [5, 5.41) is 3.15. The van der Waals surface area contributed by atoms with Crippen molar-refractivity contribution in [1.82, 2.24) is 4.90 Å². The summed E-state index contributed by atoms with van der Waals surface area (Å²) < 4.78 is 5.36. The van der Waals surface area contributed by atoms with E-state index in [0.717, 1.165) is 32.0 Å². The molecule has 1 heterocycles. The van der Waals surface area contributed by atoms with Crippen LogP contribution in [0.25, 0.3) is 0 Å². The Bertz CT molecular complexity index is 501. The quantitative estimate of drug-likeness (QED) is 0.448. The van der Waals surface area contributed by atoms with Crippen molar-refractivity contribution in [2.45, 2.75) is 26.8 Å². The van der Waals surface area contributed by atoms with Gasteiger partial charge in [-0.2, -0.15) is 0 Å². The van der Waals surface area contributed by atoms with Gasteiger partial charge in [-0.25, -0.2) is 0 Å². The first-order valence-corrected chi connectivity index (χ1v) is 7.52. The maximum Gasteiger partial charge on any atom is 0.193 e. The van der Waals surface area contributed by atoms with Gasteiger partial charge in [-0.05, 0) is 44.0 Å². The molecule has 0 spiro atoms. The number of hydrogen-bond donors (Lipinski definition) is 2. The molecule has 0 aromatic heterocycles. The third kappa shape index (κ3) is 5.73. The molecule has 1 atom stereocenters. The Morgan fingerprint density at radius 3 is 2.64 bits per heavy atom. The van der Waals surface area contributed by atoms with Crippen LogP contribution >= 0.6 is 24.0 Å². The van der Waals surface area contributed by atoms with Crippen LogP contribution < -0.4 is 11.1 Å². The van der Waals surface area contributed by atoms with Gasteiger partial charge in [0.05, 0.1) is 19.8 Å². The molecule has 22 heavy (non-hydrogen) atoms. The molecule has 0 amide bonds. The molecule has 1 aliphatic rings. The van der Waals surface area contributed by atoms with Gasteiger partial charge in [-0.1, -0.05) is 6.07 Å². The average Bonchev–Trinajstić information content (AvgIpc) is 2.49. The van der Waals surface area contributed by atoms with Gasteiger partial charge in [0.15, 0.2) is 5.96 Å². The molecule has 1 aromatic carbocycles. The predicted molar refractivity (Wildman–Crippen MR) is 103 cm³/mol. The fourth-order valence-corrected chi connectivity index (χ4v) is 2.37. The number of nitrogens with zero attached hydrogens (tertiary/aromatic N) is 2. The molecule has 2 rings (SSSR count). The summed E-state index contributed by atoms with van der Waals surface area (Å²) in [5.41, 5.74) is 9.47. The van der Waals surface area contributed by atoms with Crippen LogP contribution in [0.1, 0.15) is 18.1 Å². The van der Waals surface area contributed by atoms with Crippen molar-refractivity contribution < 1.29 is 4.74 Å². The SMILES string of the molecule is Cc1ccc(NC(N)=NCC(C)N2CCOCC2)cc1C.I. The summed E-state index contributed by atoms with van der Waals surface area (Å²) in [6.45, 7) is 10.6. The first-order chi connectivity index (χ1) is 10.1. The van der Waals surface area contributed by atoms with E-state index >= 15 is 0 Å². The number of nitrogens with one attached hydrogen (secondary N) is 1. The molecule has 0 radical (unpaired) electrons. The number of ether oxygens (including phenoxy) is 1. The molecule has 5 nitrogen and oxygen atoms in total. The summed E-state index contributed by atoms with van der Waals surface area (Å²) in [4.78, 5) is 6.83. The lowest BCUT2D eigenvalue weighted by atomic mass is 10.1. The number of morpholine rings is 1. The minimum absolute atomic E-state index is 0. The summed E-state index contributed by atoms with van der Waals surface area (Å²) in [6.07, 6.45) is 0. The number of rotatable bonds is 4. The van der Waals surface area contributed by atoms with Gasteiger partial charge < -0.3 is 15.8 Å². The largest absolute Gasteiger partial charge is 0.379 e. The van der Waals surface area contributed by atoms with Gasteiger partial charge >= 0.3 is 0 Å². The lowest BCUT2D eigenvalue weighted by Gasteiger charge is -2.31. The van der Waals surface area contributed by atoms with E-state index in [1.54, 1.807) is 0 Å². The monoisotopic (exact) mass is 418 g/mol. The van der Waals surface area contributed by atoms with Crippen LogP contribution in [0.2, 0.25) is 0 Å². The van der Waals surface area contributed by atoms with Crippen LogP contribution in [0.4, 0.5) is 5.69 Å². The van der Waals surface area contributed by atoms with E-state index in [9.17, 15) is 0 Å². The maximum absolute atomic E-state index is 5.97. The lowest BCUT2D eigenvalue weighted by molar-refractivity contribution is 0.0221. The number of aryl methyl sites for hydroxylation is 2. The van der Waals surface area contributed by atoms with Crippen LogP contribution in [-0.2, 0) is 4.74 Å². The number of nitrogens with two attached hydrogens (primary N) is 1. The predicted octanol–water partition coefficient (Wildman–Crippen LogP) is 2.37. The number of aliphatic imine (C=N–C) groups is 1. The normalized spacial score (nSPS) is 17.7. The molecule has 1 saturated heterocycles. The Hall–Kier alpha value is -0.860. The highest BCUT2D eigenvalue weighted by Crippen LogP contribution is 2.13. The Labute approximate surface area is 150 Å². The Morgan fingerprint density at radius 2 is 2.00 bits per heavy atom. The summed E-state index contributed by atoms with van der Waals surface area (Å²) in [6, 6.07) is 6.58. The molecular formula is C16H27IN4O. The van der Waals surface area contributed by atoms with E-state index in [1.165, 1.54) is 11.1 Å². The van der Waals surface area contributed by atoms with E-state index < -0.39 is 0 Å². The fraction of sp³-hybridized carbons (Fsp3) is 0.562. The number of benzene rings is 1. The van der Waals surface area contributed by atoms with E-state index in [4.69, 9.17) is 10.5 Å². The minimum atomic E-state index is 0. The topological polar surface area (TPSA) is 62.9 Å². The zero-order chi connectivity index (χ0) is 15.2. The van der Waals surface area contributed by atoms with Gasteiger partial charge in [-0.15, -0.1) is 24.0 Å². The molecule has 1 fully saturated rings. The minimum Gasteiger partial charge on any atom is -0.379 e. The standard InChI is InChI=1S/C16H26N4O.HI/c1-12-4-5-15(10-13(12)2)19-16(17)18-11-14(3)20-6-8-21-9-7-20;/h4-5,10,14H,6-9,11H2,1-3H3,(H3,17,18,19);1H. The van der Waals surface area contributed by atoms with Crippen molar-refractivity contribution in [1.29, 1.82) is 0 Å². The van der Waals surface area contributed by atoms with Crippen LogP contribution in [0, 0.1) is 13.8 Å². The molecule has 1 aliphatic heterocycles. The van der Waals surface area contributed by atoms with Crippen LogP contribution in [0.3, 0.4) is 0 Å². The van der Waals surface area contributed by atoms with Crippen LogP contribution in [0.5, 0.6) is 0 Å². The molecule has 124 valence electrons. The molecule has 1 aromatic rings. The van der Waals surface area contributed by atoms with E-state index in [-0.39, 0.29) is 24.0 Å². The number of anilines is 1. The molecule has 0 saturated carbocycles. The van der Waals surface area contributed by atoms with Crippen molar-refractivity contribution in [3.63, 3.8) is 0 Å². The van der Waals surface area contributed by atoms with Gasteiger partial charge in [0, 0.05) is 24.8 Å². The van der Waals surface area contributed by atoms with Crippen LogP contribution in [0.15, 0.2) is 23.2 Å². The number of guanidine groups is 1. The zero-order valence-corrected chi connectivity index (χ0v) is 16.0. The second-order valence-electron chi connectivity index (χ2n) is 5.65. The third-order valence-electron chi connectivity index (χ3n) is 3.97. The molecular weight excluding hydrogens is 391 g/mol. The average molecular weight is 418 g/mol. The molecule has 1 unspecified atom stereocenters. The summed E-state index contributed by atoms with van der Waals surface area (Å²) in [5.74, 6) is 0.471. The lowest BCUT2D eigenvalue weighted by Crippen LogP contribution is -2.43. The highest BCUT2D eigenvalue weighted by molar-refractivity contribution is 14.0. The Kier molecular flexibility index (Phi) is 8.13. The maximum atomic E-state index is 5.97. The number of halogens is 1.